The molecule has 2 rings (SSSR count). The van der Waals surface area contributed by atoms with Crippen molar-refractivity contribution in [2.45, 2.75) is 19.6 Å². The molecule has 0 heterocycles. The second-order valence-electron chi connectivity index (χ2n) is 5.48. The molecule has 7 heteroatoms. The van der Waals surface area contributed by atoms with Crippen molar-refractivity contribution >= 4 is 17.7 Å². The van der Waals surface area contributed by atoms with Crippen molar-refractivity contribution in [2.24, 2.45) is 0 Å². The van der Waals surface area contributed by atoms with Gasteiger partial charge in [-0.25, -0.2) is 4.79 Å². The van der Waals surface area contributed by atoms with Crippen LogP contribution in [-0.4, -0.2) is 37.2 Å². The highest BCUT2D eigenvalue weighted by Crippen LogP contribution is 2.08. The summed E-state index contributed by atoms with van der Waals surface area (Å²) in [6, 6.07) is 17.4. The van der Waals surface area contributed by atoms with Gasteiger partial charge in [0.15, 0.2) is 0 Å². The molecule has 27 heavy (non-hydrogen) atoms. The van der Waals surface area contributed by atoms with Crippen molar-refractivity contribution in [1.29, 1.82) is 0 Å². The second kappa shape index (κ2) is 10.8. The fourth-order valence-corrected chi connectivity index (χ4v) is 2.14. The number of ether oxygens (including phenoxy) is 2. The molecule has 0 aliphatic carbocycles. The fraction of sp³-hybridized carbons (Fsp3) is 0.250. The van der Waals surface area contributed by atoms with E-state index in [1.54, 1.807) is 42.5 Å². The summed E-state index contributed by atoms with van der Waals surface area (Å²) in [4.78, 5) is 44.6. The molecule has 0 aliphatic heterocycles. The first kappa shape index (κ1) is 20.3. The summed E-state index contributed by atoms with van der Waals surface area (Å²) in [6.07, 6.45) is -1.32. The number of hydrogen-bond donors (Lipinski definition) is 0. The minimum Gasteiger partial charge on any atom is -0.428 e. The minimum atomic E-state index is -1.39. The summed E-state index contributed by atoms with van der Waals surface area (Å²) < 4.78 is 10.2. The second-order valence-corrected chi connectivity index (χ2v) is 5.48. The molecule has 0 saturated heterocycles. The van der Waals surface area contributed by atoms with Gasteiger partial charge in [-0.15, -0.1) is 0 Å². The predicted octanol–water partition coefficient (Wildman–Crippen LogP) is 2.49. The lowest BCUT2D eigenvalue weighted by atomic mass is 10.1. The zero-order valence-electron chi connectivity index (χ0n) is 14.8. The lowest BCUT2D eigenvalue weighted by Crippen LogP contribution is -2.30. The molecule has 1 unspecified atom stereocenters. The Morgan fingerprint density at radius 2 is 1.52 bits per heavy atom. The van der Waals surface area contributed by atoms with Crippen LogP contribution in [0.3, 0.4) is 0 Å². The Morgan fingerprint density at radius 3 is 2.15 bits per heavy atom. The van der Waals surface area contributed by atoms with E-state index in [2.05, 4.69) is 4.89 Å². The van der Waals surface area contributed by atoms with E-state index in [4.69, 9.17) is 14.4 Å². The molecular formula is C20H20O7. The lowest BCUT2D eigenvalue weighted by molar-refractivity contribution is -0.279. The van der Waals surface area contributed by atoms with Crippen LogP contribution in [0.5, 0.6) is 0 Å². The average Bonchev–Trinajstić information content (AvgIpc) is 2.67. The van der Waals surface area contributed by atoms with Crippen molar-refractivity contribution in [1.82, 2.24) is 0 Å². The van der Waals surface area contributed by atoms with Gasteiger partial charge in [-0.1, -0.05) is 60.7 Å². The first-order valence-electron chi connectivity index (χ1n) is 8.30. The third-order valence-electron chi connectivity index (χ3n) is 3.32. The van der Waals surface area contributed by atoms with Crippen LogP contribution in [0.2, 0.25) is 0 Å². The third kappa shape index (κ3) is 7.39. The van der Waals surface area contributed by atoms with Crippen LogP contribution in [0.4, 0.5) is 0 Å². The van der Waals surface area contributed by atoms with Gasteiger partial charge in [0.25, 0.3) is 6.29 Å². The van der Waals surface area contributed by atoms with Crippen LogP contribution in [0, 0.1) is 0 Å². The maximum Gasteiger partial charge on any atom is 0.346 e. The van der Waals surface area contributed by atoms with Crippen LogP contribution in [0.15, 0.2) is 60.7 Å². The minimum absolute atomic E-state index is 0.0737. The normalized spacial score (nSPS) is 11.4. The van der Waals surface area contributed by atoms with Crippen LogP contribution >= 0.6 is 0 Å². The van der Waals surface area contributed by atoms with E-state index in [1.165, 1.54) is 6.92 Å². The monoisotopic (exact) mass is 372 g/mol. The summed E-state index contributed by atoms with van der Waals surface area (Å²) in [5, 5.41) is 0. The predicted molar refractivity (Wildman–Crippen MR) is 94.5 cm³/mol. The zero-order valence-corrected chi connectivity index (χ0v) is 14.8. The van der Waals surface area contributed by atoms with Crippen LogP contribution in [-0.2, 0) is 35.3 Å². The zero-order chi connectivity index (χ0) is 19.5. The Labute approximate surface area is 156 Å². The van der Waals surface area contributed by atoms with Gasteiger partial charge in [-0.05, 0) is 5.56 Å². The van der Waals surface area contributed by atoms with Gasteiger partial charge in [0.05, 0.1) is 13.0 Å². The van der Waals surface area contributed by atoms with Gasteiger partial charge < -0.3 is 9.47 Å². The van der Waals surface area contributed by atoms with Crippen LogP contribution in [0.25, 0.3) is 0 Å². The van der Waals surface area contributed by atoms with E-state index in [1.807, 2.05) is 18.2 Å². The first-order valence-corrected chi connectivity index (χ1v) is 8.30. The van der Waals surface area contributed by atoms with E-state index in [0.29, 0.717) is 5.56 Å². The Balaban J connectivity index is 1.74. The highest BCUT2D eigenvalue weighted by Gasteiger charge is 2.23. The standard InChI is InChI=1S/C20H20O7/c1-15(21)26-20(19(23)17-10-6-3-7-11-17)24-12-13-25-27-18(22)14-16-8-4-2-5-9-16/h2-11,20H,12-14H2,1H3. The van der Waals surface area contributed by atoms with Gasteiger partial charge in [-0.2, -0.15) is 4.89 Å². The summed E-state index contributed by atoms with van der Waals surface area (Å²) in [7, 11) is 0. The molecule has 142 valence electrons. The number of ketones is 1. The Hall–Kier alpha value is -3.03. The van der Waals surface area contributed by atoms with Crippen molar-refractivity contribution in [3.8, 4) is 0 Å². The van der Waals surface area contributed by atoms with Gasteiger partial charge >= 0.3 is 11.9 Å². The topological polar surface area (TPSA) is 88.1 Å². The molecule has 0 bridgehead atoms. The number of benzene rings is 2. The largest absolute Gasteiger partial charge is 0.428 e. The molecule has 0 saturated carbocycles. The molecule has 0 N–H and O–H groups in total. The first-order chi connectivity index (χ1) is 13.1. The molecule has 1 atom stereocenters. The van der Waals surface area contributed by atoms with E-state index >= 15 is 0 Å². The van der Waals surface area contributed by atoms with Crippen molar-refractivity contribution in [3.05, 3.63) is 71.8 Å². The summed E-state index contributed by atoms with van der Waals surface area (Å²) in [6.45, 7) is 0.937. The molecule has 0 aliphatic rings. The fourth-order valence-electron chi connectivity index (χ4n) is 2.14. The molecular weight excluding hydrogens is 352 g/mol. The molecule has 0 fully saturated rings. The number of carbonyl (C=O) groups excluding carboxylic acids is 3. The summed E-state index contributed by atoms with van der Waals surface area (Å²) in [5.74, 6) is -1.70. The number of carbonyl (C=O) groups is 3. The molecule has 0 radical (unpaired) electrons. The number of esters is 1. The van der Waals surface area contributed by atoms with Gasteiger partial charge in [0, 0.05) is 12.5 Å². The maximum absolute atomic E-state index is 12.3. The molecule has 2 aromatic carbocycles. The van der Waals surface area contributed by atoms with Crippen molar-refractivity contribution in [3.63, 3.8) is 0 Å². The molecule has 2 aromatic rings. The van der Waals surface area contributed by atoms with Gasteiger partial charge in [0.1, 0.15) is 6.61 Å². The van der Waals surface area contributed by atoms with Crippen LogP contribution < -0.4 is 0 Å². The van der Waals surface area contributed by atoms with Gasteiger partial charge in [-0.3, -0.25) is 14.5 Å². The smallest absolute Gasteiger partial charge is 0.346 e. The van der Waals surface area contributed by atoms with E-state index < -0.39 is 24.0 Å². The summed E-state index contributed by atoms with van der Waals surface area (Å²) >= 11 is 0. The molecule has 0 aromatic heterocycles. The SMILES string of the molecule is CC(=O)OC(OCCOOC(=O)Cc1ccccc1)C(=O)c1ccccc1. The lowest BCUT2D eigenvalue weighted by Gasteiger charge is -2.16. The van der Waals surface area contributed by atoms with Gasteiger partial charge in [0.2, 0.25) is 5.78 Å². The van der Waals surface area contributed by atoms with Crippen molar-refractivity contribution in [2.75, 3.05) is 13.2 Å². The summed E-state index contributed by atoms with van der Waals surface area (Å²) in [5.41, 5.74) is 1.14. The number of Topliss-reactive ketones (excluding diaryl/α,β-unsaturated/α-hetero) is 1. The maximum atomic E-state index is 12.3. The Kier molecular flexibility index (Phi) is 8.15. The highest BCUT2D eigenvalue weighted by molar-refractivity contribution is 5.99. The Morgan fingerprint density at radius 1 is 0.889 bits per heavy atom. The molecule has 0 amide bonds. The van der Waals surface area contributed by atoms with Crippen LogP contribution in [0.1, 0.15) is 22.8 Å². The van der Waals surface area contributed by atoms with E-state index in [0.717, 1.165) is 5.56 Å². The van der Waals surface area contributed by atoms with Crippen molar-refractivity contribution < 1.29 is 33.6 Å². The molecule has 7 nitrogen and oxygen atoms in total. The highest BCUT2D eigenvalue weighted by atomic mass is 17.2. The quantitative estimate of drug-likeness (QED) is 0.158. The molecule has 0 spiro atoms. The number of rotatable bonds is 10. The Bertz CT molecular complexity index is 743. The number of hydrogen-bond acceptors (Lipinski definition) is 7. The van der Waals surface area contributed by atoms with E-state index in [-0.39, 0.29) is 19.6 Å². The van der Waals surface area contributed by atoms with E-state index in [9.17, 15) is 14.4 Å². The average molecular weight is 372 g/mol. The third-order valence-corrected chi connectivity index (χ3v) is 3.32.